The second-order valence-corrected chi connectivity index (χ2v) is 9.19. The van der Waals surface area contributed by atoms with Crippen LogP contribution in [0.25, 0.3) is 0 Å². The largest absolute Gasteiger partial charge is 0.460 e. The van der Waals surface area contributed by atoms with Gasteiger partial charge in [0.25, 0.3) is 0 Å². The van der Waals surface area contributed by atoms with Gasteiger partial charge in [0, 0.05) is 0 Å². The van der Waals surface area contributed by atoms with Crippen LogP contribution in [0.15, 0.2) is 54.6 Å². The van der Waals surface area contributed by atoms with Gasteiger partial charge in [0.15, 0.2) is 0 Å². The van der Waals surface area contributed by atoms with Crippen molar-refractivity contribution < 1.29 is 23.8 Å². The SMILES string of the molecule is CC(C)(C)OC(=O)Cc1ccc(C2COC(C)(C)N2C(=O)OCc2ccccc2)cc1. The van der Waals surface area contributed by atoms with Gasteiger partial charge < -0.3 is 14.2 Å². The summed E-state index contributed by atoms with van der Waals surface area (Å²) >= 11 is 0. The molecule has 1 unspecified atom stereocenters. The van der Waals surface area contributed by atoms with Gasteiger partial charge >= 0.3 is 12.1 Å². The Morgan fingerprint density at radius 2 is 1.68 bits per heavy atom. The second-order valence-electron chi connectivity index (χ2n) is 9.19. The van der Waals surface area contributed by atoms with Crippen LogP contribution in [0.3, 0.4) is 0 Å². The predicted molar refractivity (Wildman–Crippen MR) is 117 cm³/mol. The summed E-state index contributed by atoms with van der Waals surface area (Å²) in [4.78, 5) is 26.6. The van der Waals surface area contributed by atoms with E-state index in [0.717, 1.165) is 16.7 Å². The van der Waals surface area contributed by atoms with E-state index in [1.165, 1.54) is 0 Å². The lowest BCUT2D eigenvalue weighted by Crippen LogP contribution is -2.45. The smallest absolute Gasteiger partial charge is 0.412 e. The van der Waals surface area contributed by atoms with Crippen molar-refractivity contribution >= 4 is 12.1 Å². The number of ether oxygens (including phenoxy) is 3. The van der Waals surface area contributed by atoms with Gasteiger partial charge in [-0.1, -0.05) is 54.6 Å². The fraction of sp³-hybridized carbons (Fsp3) is 0.440. The van der Waals surface area contributed by atoms with Crippen molar-refractivity contribution in [1.82, 2.24) is 4.90 Å². The zero-order valence-corrected chi connectivity index (χ0v) is 18.9. The molecular formula is C25H31NO5. The van der Waals surface area contributed by atoms with Crippen LogP contribution in [0.1, 0.15) is 57.4 Å². The van der Waals surface area contributed by atoms with Crippen molar-refractivity contribution in [3.05, 3.63) is 71.3 Å². The van der Waals surface area contributed by atoms with Crippen LogP contribution in [-0.4, -0.2) is 34.9 Å². The van der Waals surface area contributed by atoms with Gasteiger partial charge in [0.2, 0.25) is 0 Å². The monoisotopic (exact) mass is 425 g/mol. The van der Waals surface area contributed by atoms with Gasteiger partial charge in [-0.25, -0.2) is 4.79 Å². The average molecular weight is 426 g/mol. The zero-order chi connectivity index (χ0) is 22.6. The van der Waals surface area contributed by atoms with Crippen molar-refractivity contribution in [3.8, 4) is 0 Å². The molecule has 1 atom stereocenters. The summed E-state index contributed by atoms with van der Waals surface area (Å²) in [5.74, 6) is -0.267. The van der Waals surface area contributed by atoms with E-state index in [4.69, 9.17) is 14.2 Å². The maximum atomic E-state index is 12.9. The van der Waals surface area contributed by atoms with E-state index >= 15 is 0 Å². The number of esters is 1. The van der Waals surface area contributed by atoms with Gasteiger partial charge in [-0.05, 0) is 51.3 Å². The van der Waals surface area contributed by atoms with Crippen molar-refractivity contribution in [3.63, 3.8) is 0 Å². The highest BCUT2D eigenvalue weighted by atomic mass is 16.6. The number of hydrogen-bond acceptors (Lipinski definition) is 5. The Kier molecular flexibility index (Phi) is 6.70. The van der Waals surface area contributed by atoms with Gasteiger partial charge in [-0.2, -0.15) is 0 Å². The van der Waals surface area contributed by atoms with Gasteiger partial charge in [-0.15, -0.1) is 0 Å². The molecule has 2 aromatic carbocycles. The number of carbonyl (C=O) groups is 2. The molecule has 6 heteroatoms. The van der Waals surface area contributed by atoms with Gasteiger partial charge in [-0.3, -0.25) is 9.69 Å². The first kappa shape index (κ1) is 22.8. The fourth-order valence-electron chi connectivity index (χ4n) is 3.59. The first-order valence-corrected chi connectivity index (χ1v) is 10.5. The third-order valence-electron chi connectivity index (χ3n) is 5.02. The lowest BCUT2D eigenvalue weighted by atomic mass is 10.0. The molecule has 0 bridgehead atoms. The topological polar surface area (TPSA) is 65.1 Å². The molecule has 1 fully saturated rings. The van der Waals surface area contributed by atoms with E-state index in [-0.39, 0.29) is 25.0 Å². The normalized spacial score (nSPS) is 18.0. The minimum Gasteiger partial charge on any atom is -0.460 e. The molecule has 3 rings (SSSR count). The summed E-state index contributed by atoms with van der Waals surface area (Å²) in [5, 5.41) is 0. The molecule has 0 spiro atoms. The Morgan fingerprint density at radius 1 is 1.03 bits per heavy atom. The molecule has 0 aliphatic carbocycles. The van der Waals surface area contributed by atoms with E-state index in [2.05, 4.69) is 0 Å². The van der Waals surface area contributed by atoms with Crippen molar-refractivity contribution in [2.45, 2.75) is 65.0 Å². The maximum absolute atomic E-state index is 12.9. The Bertz CT molecular complexity index is 900. The van der Waals surface area contributed by atoms with Crippen LogP contribution in [-0.2, 0) is 32.0 Å². The molecule has 2 aromatic rings. The summed E-state index contributed by atoms with van der Waals surface area (Å²) in [7, 11) is 0. The number of benzene rings is 2. The van der Waals surface area contributed by atoms with Crippen molar-refractivity contribution in [2.75, 3.05) is 6.61 Å². The van der Waals surface area contributed by atoms with Crippen LogP contribution in [0, 0.1) is 0 Å². The van der Waals surface area contributed by atoms with E-state index in [9.17, 15) is 9.59 Å². The van der Waals surface area contributed by atoms with Crippen LogP contribution < -0.4 is 0 Å². The lowest BCUT2D eigenvalue weighted by molar-refractivity contribution is -0.153. The lowest BCUT2D eigenvalue weighted by Gasteiger charge is -2.33. The Morgan fingerprint density at radius 3 is 2.29 bits per heavy atom. The predicted octanol–water partition coefficient (Wildman–Crippen LogP) is 5.02. The molecule has 31 heavy (non-hydrogen) atoms. The first-order valence-electron chi connectivity index (χ1n) is 10.5. The van der Waals surface area contributed by atoms with Crippen molar-refractivity contribution in [2.24, 2.45) is 0 Å². The summed E-state index contributed by atoms with van der Waals surface area (Å²) < 4.78 is 16.8. The number of hydrogen-bond donors (Lipinski definition) is 0. The third kappa shape index (κ3) is 6.07. The minimum absolute atomic E-state index is 0.201. The quantitative estimate of drug-likeness (QED) is 0.630. The molecular weight excluding hydrogens is 394 g/mol. The van der Waals surface area contributed by atoms with E-state index in [1.54, 1.807) is 4.90 Å². The number of carbonyl (C=O) groups excluding carboxylic acids is 2. The molecule has 0 N–H and O–H groups in total. The molecule has 1 aliphatic heterocycles. The molecule has 1 saturated heterocycles. The minimum atomic E-state index is -0.784. The molecule has 1 amide bonds. The van der Waals surface area contributed by atoms with E-state index in [0.29, 0.717) is 6.61 Å². The third-order valence-corrected chi connectivity index (χ3v) is 5.02. The molecule has 0 saturated carbocycles. The second kappa shape index (κ2) is 9.10. The molecule has 6 nitrogen and oxygen atoms in total. The Labute approximate surface area is 184 Å². The molecule has 1 aliphatic rings. The first-order chi connectivity index (χ1) is 14.5. The van der Waals surface area contributed by atoms with Crippen LogP contribution >= 0.6 is 0 Å². The zero-order valence-electron chi connectivity index (χ0n) is 18.9. The number of nitrogens with zero attached hydrogens (tertiary/aromatic N) is 1. The van der Waals surface area contributed by atoms with Gasteiger partial charge in [0.1, 0.15) is 17.9 Å². The van der Waals surface area contributed by atoms with E-state index < -0.39 is 17.4 Å². The summed E-state index contributed by atoms with van der Waals surface area (Å²) in [5.41, 5.74) is 1.42. The Hall–Kier alpha value is -2.86. The van der Waals surface area contributed by atoms with Crippen molar-refractivity contribution in [1.29, 1.82) is 0 Å². The highest BCUT2D eigenvalue weighted by molar-refractivity contribution is 5.73. The number of rotatable bonds is 5. The molecule has 0 radical (unpaired) electrons. The number of amides is 1. The highest BCUT2D eigenvalue weighted by Crippen LogP contribution is 2.37. The van der Waals surface area contributed by atoms with E-state index in [1.807, 2.05) is 89.2 Å². The Balaban J connectivity index is 1.68. The van der Waals surface area contributed by atoms with Crippen LogP contribution in [0.5, 0.6) is 0 Å². The van der Waals surface area contributed by atoms with Crippen LogP contribution in [0.4, 0.5) is 4.79 Å². The van der Waals surface area contributed by atoms with Crippen LogP contribution in [0.2, 0.25) is 0 Å². The average Bonchev–Trinajstić information content (AvgIpc) is 3.01. The summed E-state index contributed by atoms with van der Waals surface area (Å²) in [6, 6.07) is 16.9. The van der Waals surface area contributed by atoms with Gasteiger partial charge in [0.05, 0.1) is 19.1 Å². The standard InChI is InChI=1S/C25H31NO5/c1-24(2,3)31-22(27)15-18-11-13-20(14-12-18)21-17-30-25(4,5)26(21)23(28)29-16-19-9-7-6-8-10-19/h6-14,21H,15-17H2,1-5H3. The maximum Gasteiger partial charge on any atom is 0.412 e. The molecule has 1 heterocycles. The summed E-state index contributed by atoms with van der Waals surface area (Å²) in [6.45, 7) is 9.83. The fourth-order valence-corrected chi connectivity index (χ4v) is 3.59. The molecule has 166 valence electrons. The highest BCUT2D eigenvalue weighted by Gasteiger charge is 2.45. The molecule has 0 aromatic heterocycles. The summed E-state index contributed by atoms with van der Waals surface area (Å²) in [6.07, 6.45) is -0.221.